The molecule has 0 spiro atoms. The molecule has 0 bridgehead atoms. The van der Waals surface area contributed by atoms with Crippen molar-refractivity contribution in [2.24, 2.45) is 0 Å². The summed E-state index contributed by atoms with van der Waals surface area (Å²) in [6.45, 7) is 6.36. The van der Waals surface area contributed by atoms with Gasteiger partial charge in [0.25, 0.3) is 0 Å². The second kappa shape index (κ2) is 7.22. The molecule has 0 radical (unpaired) electrons. The van der Waals surface area contributed by atoms with Crippen molar-refractivity contribution in [2.75, 3.05) is 6.54 Å². The van der Waals surface area contributed by atoms with Gasteiger partial charge in [-0.1, -0.05) is 6.92 Å². The predicted molar refractivity (Wildman–Crippen MR) is 84.7 cm³/mol. The second-order valence-electron chi connectivity index (χ2n) is 4.52. The number of nitrogens with one attached hydrogen (secondary N) is 1. The Bertz CT molecular complexity index is 506. The van der Waals surface area contributed by atoms with Gasteiger partial charge in [0.1, 0.15) is 5.82 Å². The van der Waals surface area contributed by atoms with Gasteiger partial charge in [0.15, 0.2) is 0 Å². The van der Waals surface area contributed by atoms with Crippen LogP contribution in [0.3, 0.4) is 0 Å². The van der Waals surface area contributed by atoms with Gasteiger partial charge in [0, 0.05) is 31.4 Å². The van der Waals surface area contributed by atoms with Gasteiger partial charge in [-0.3, -0.25) is 0 Å². The zero-order valence-electron chi connectivity index (χ0n) is 11.4. The molecule has 2 rings (SSSR count). The van der Waals surface area contributed by atoms with Gasteiger partial charge in [-0.25, -0.2) is 4.98 Å². The van der Waals surface area contributed by atoms with Gasteiger partial charge < -0.3 is 9.88 Å². The molecule has 0 aliphatic carbocycles. The number of aromatic nitrogens is 2. The van der Waals surface area contributed by atoms with E-state index in [0.717, 1.165) is 31.8 Å². The second-order valence-corrected chi connectivity index (χ2v) is 6.81. The van der Waals surface area contributed by atoms with Crippen molar-refractivity contribution in [3.63, 3.8) is 0 Å². The quantitative estimate of drug-likeness (QED) is 0.824. The lowest BCUT2D eigenvalue weighted by Gasteiger charge is -2.17. The van der Waals surface area contributed by atoms with E-state index in [1.807, 2.05) is 6.20 Å². The zero-order valence-corrected chi connectivity index (χ0v) is 13.8. The van der Waals surface area contributed by atoms with Gasteiger partial charge in [-0.2, -0.15) is 0 Å². The van der Waals surface area contributed by atoms with Crippen LogP contribution in [0.4, 0.5) is 0 Å². The van der Waals surface area contributed by atoms with E-state index in [4.69, 9.17) is 0 Å². The average molecular weight is 342 g/mol. The van der Waals surface area contributed by atoms with Gasteiger partial charge >= 0.3 is 0 Å². The Balaban J connectivity index is 2.14. The lowest BCUT2D eigenvalue weighted by molar-refractivity contribution is 0.507. The molecule has 0 fully saturated rings. The Labute approximate surface area is 127 Å². The lowest BCUT2D eigenvalue weighted by atomic mass is 10.1. The summed E-state index contributed by atoms with van der Waals surface area (Å²) < 4.78 is 3.40. The van der Waals surface area contributed by atoms with Crippen molar-refractivity contribution in [2.45, 2.75) is 39.3 Å². The molecule has 19 heavy (non-hydrogen) atoms. The number of hydrogen-bond acceptors (Lipinski definition) is 3. The number of nitrogens with zero attached hydrogens (tertiary/aromatic N) is 2. The van der Waals surface area contributed by atoms with E-state index < -0.39 is 0 Å². The maximum atomic E-state index is 4.48. The molecule has 5 heteroatoms. The summed E-state index contributed by atoms with van der Waals surface area (Å²) in [5.74, 6) is 1.15. The predicted octanol–water partition coefficient (Wildman–Crippen LogP) is 4.01. The van der Waals surface area contributed by atoms with Crippen LogP contribution in [0.5, 0.6) is 0 Å². The molecule has 1 N–H and O–H groups in total. The van der Waals surface area contributed by atoms with Crippen LogP contribution >= 0.6 is 27.3 Å². The minimum atomic E-state index is 0.343. The maximum absolute atomic E-state index is 4.48. The summed E-state index contributed by atoms with van der Waals surface area (Å²) in [6, 6.07) is 2.55. The highest BCUT2D eigenvalue weighted by atomic mass is 79.9. The highest BCUT2D eigenvalue weighted by molar-refractivity contribution is 9.11. The van der Waals surface area contributed by atoms with Crippen LogP contribution in [0.25, 0.3) is 0 Å². The largest absolute Gasteiger partial charge is 0.335 e. The number of halogens is 1. The standard InChI is InChI=1S/C14H20BrN3S/c1-3-5-16-12(11-8-13(15)19-10-11)9-14-17-6-7-18(14)4-2/h6-8,10,12,16H,3-5,9H2,1-2H3. The minimum Gasteiger partial charge on any atom is -0.335 e. The first-order valence-corrected chi connectivity index (χ1v) is 8.39. The van der Waals surface area contributed by atoms with E-state index in [1.165, 1.54) is 9.35 Å². The molecule has 3 nitrogen and oxygen atoms in total. The molecule has 0 aromatic carbocycles. The monoisotopic (exact) mass is 341 g/mol. The number of rotatable bonds is 7. The average Bonchev–Trinajstić information content (AvgIpc) is 3.02. The fourth-order valence-corrected chi connectivity index (χ4v) is 3.36. The molecule has 0 saturated carbocycles. The molecule has 2 aromatic rings. The van der Waals surface area contributed by atoms with E-state index >= 15 is 0 Å². The van der Waals surface area contributed by atoms with E-state index in [2.05, 4.69) is 62.3 Å². The third-order valence-corrected chi connectivity index (χ3v) is 4.68. The first-order valence-electron chi connectivity index (χ1n) is 6.71. The van der Waals surface area contributed by atoms with Crippen LogP contribution in [-0.4, -0.2) is 16.1 Å². The number of aryl methyl sites for hydroxylation is 1. The summed E-state index contributed by atoms with van der Waals surface area (Å²) >= 11 is 5.28. The molecule has 0 aliphatic rings. The Hall–Kier alpha value is -0.650. The normalized spacial score (nSPS) is 12.8. The molecule has 1 unspecified atom stereocenters. The van der Waals surface area contributed by atoms with E-state index in [0.29, 0.717) is 6.04 Å². The van der Waals surface area contributed by atoms with E-state index in [9.17, 15) is 0 Å². The Morgan fingerprint density at radius 1 is 1.47 bits per heavy atom. The minimum absolute atomic E-state index is 0.343. The number of thiophene rings is 1. The van der Waals surface area contributed by atoms with Crippen molar-refractivity contribution >= 4 is 27.3 Å². The van der Waals surface area contributed by atoms with Gasteiger partial charge in [0.05, 0.1) is 3.79 Å². The van der Waals surface area contributed by atoms with Crippen LogP contribution < -0.4 is 5.32 Å². The molecule has 1 atom stereocenters. The summed E-state index contributed by atoms with van der Waals surface area (Å²) in [6.07, 6.45) is 6.02. The number of hydrogen-bond donors (Lipinski definition) is 1. The fourth-order valence-electron chi connectivity index (χ4n) is 2.13. The smallest absolute Gasteiger partial charge is 0.110 e. The van der Waals surface area contributed by atoms with Crippen LogP contribution in [0.1, 0.15) is 37.7 Å². The Morgan fingerprint density at radius 2 is 2.32 bits per heavy atom. The van der Waals surface area contributed by atoms with Crippen LogP contribution in [0, 0.1) is 0 Å². The molecule has 2 heterocycles. The summed E-state index contributed by atoms with van der Waals surface area (Å²) in [4.78, 5) is 4.48. The Morgan fingerprint density at radius 3 is 2.95 bits per heavy atom. The molecular weight excluding hydrogens is 322 g/mol. The van der Waals surface area contributed by atoms with Crippen LogP contribution in [-0.2, 0) is 13.0 Å². The van der Waals surface area contributed by atoms with Crippen LogP contribution in [0.2, 0.25) is 0 Å². The zero-order chi connectivity index (χ0) is 13.7. The van der Waals surface area contributed by atoms with Crippen molar-refractivity contribution < 1.29 is 0 Å². The highest BCUT2D eigenvalue weighted by Gasteiger charge is 2.15. The maximum Gasteiger partial charge on any atom is 0.110 e. The molecule has 0 amide bonds. The summed E-state index contributed by atoms with van der Waals surface area (Å²) in [7, 11) is 0. The summed E-state index contributed by atoms with van der Waals surface area (Å²) in [5.41, 5.74) is 1.34. The van der Waals surface area contributed by atoms with Crippen molar-refractivity contribution in [1.29, 1.82) is 0 Å². The molecular formula is C14H20BrN3S. The molecule has 0 saturated heterocycles. The van der Waals surface area contributed by atoms with Crippen molar-refractivity contribution in [1.82, 2.24) is 14.9 Å². The summed E-state index contributed by atoms with van der Waals surface area (Å²) in [5, 5.41) is 5.84. The van der Waals surface area contributed by atoms with Crippen LogP contribution in [0.15, 0.2) is 27.6 Å². The molecule has 104 valence electrons. The Kier molecular flexibility index (Phi) is 5.60. The third-order valence-electron chi connectivity index (χ3n) is 3.16. The fraction of sp³-hybridized carbons (Fsp3) is 0.500. The molecule has 0 aliphatic heterocycles. The lowest BCUT2D eigenvalue weighted by Crippen LogP contribution is -2.25. The topological polar surface area (TPSA) is 29.9 Å². The van der Waals surface area contributed by atoms with E-state index in [-0.39, 0.29) is 0 Å². The van der Waals surface area contributed by atoms with Gasteiger partial charge in [0.2, 0.25) is 0 Å². The van der Waals surface area contributed by atoms with Crippen molar-refractivity contribution in [3.8, 4) is 0 Å². The first kappa shape index (κ1) is 14.8. The third kappa shape index (κ3) is 3.91. The number of imidazole rings is 1. The van der Waals surface area contributed by atoms with Crippen molar-refractivity contribution in [3.05, 3.63) is 39.0 Å². The van der Waals surface area contributed by atoms with Gasteiger partial charge in [-0.05, 0) is 52.8 Å². The van der Waals surface area contributed by atoms with Gasteiger partial charge in [-0.15, -0.1) is 11.3 Å². The van der Waals surface area contributed by atoms with E-state index in [1.54, 1.807) is 11.3 Å². The highest BCUT2D eigenvalue weighted by Crippen LogP contribution is 2.27. The SMILES string of the molecule is CCCNC(Cc1nccn1CC)c1csc(Br)c1. The first-order chi connectivity index (χ1) is 9.24. The molecule has 2 aromatic heterocycles.